The molecule has 2 aromatic carbocycles. The van der Waals surface area contributed by atoms with Gasteiger partial charge in [0.25, 0.3) is 0 Å². The highest BCUT2D eigenvalue weighted by molar-refractivity contribution is 8.00. The summed E-state index contributed by atoms with van der Waals surface area (Å²) in [6.07, 6.45) is 2.54. The topological polar surface area (TPSA) is 54.9 Å². The summed E-state index contributed by atoms with van der Waals surface area (Å²) in [4.78, 5) is 12.4. The molecule has 1 aromatic heterocycles. The van der Waals surface area contributed by atoms with Crippen molar-refractivity contribution in [3.63, 3.8) is 0 Å². The maximum Gasteiger partial charge on any atom is 0.230 e. The molecule has 0 aliphatic carbocycles. The SMILES string of the molecule is CCC(NC(=O)CSc1nncc2ccccc12)c1ccc(Cl)cc1. The molecule has 3 aromatic rings. The molecule has 25 heavy (non-hydrogen) atoms. The monoisotopic (exact) mass is 371 g/mol. The molecule has 0 fully saturated rings. The number of rotatable bonds is 6. The van der Waals surface area contributed by atoms with Gasteiger partial charge in [-0.1, -0.05) is 66.7 Å². The lowest BCUT2D eigenvalue weighted by molar-refractivity contribution is -0.119. The smallest absolute Gasteiger partial charge is 0.230 e. The van der Waals surface area contributed by atoms with Gasteiger partial charge in [0.05, 0.1) is 18.0 Å². The van der Waals surface area contributed by atoms with Crippen molar-refractivity contribution in [1.82, 2.24) is 15.5 Å². The second kappa shape index (κ2) is 8.32. The van der Waals surface area contributed by atoms with Gasteiger partial charge in [-0.2, -0.15) is 5.10 Å². The van der Waals surface area contributed by atoms with E-state index in [0.717, 1.165) is 27.8 Å². The van der Waals surface area contributed by atoms with Crippen LogP contribution in [0, 0.1) is 0 Å². The summed E-state index contributed by atoms with van der Waals surface area (Å²) in [5, 5.41) is 14.7. The van der Waals surface area contributed by atoms with E-state index in [1.807, 2.05) is 55.5 Å². The second-order valence-electron chi connectivity index (χ2n) is 5.61. The molecule has 1 N–H and O–H groups in total. The summed E-state index contributed by atoms with van der Waals surface area (Å²) < 4.78 is 0. The molecule has 0 aliphatic heterocycles. The van der Waals surface area contributed by atoms with Crippen LogP contribution in [0.4, 0.5) is 0 Å². The van der Waals surface area contributed by atoms with Crippen molar-refractivity contribution in [2.45, 2.75) is 24.4 Å². The lowest BCUT2D eigenvalue weighted by Crippen LogP contribution is -2.29. The third-order valence-electron chi connectivity index (χ3n) is 3.89. The van der Waals surface area contributed by atoms with Crippen LogP contribution in [0.5, 0.6) is 0 Å². The van der Waals surface area contributed by atoms with Crippen molar-refractivity contribution in [2.75, 3.05) is 5.75 Å². The number of thioether (sulfide) groups is 1. The highest BCUT2D eigenvalue weighted by Crippen LogP contribution is 2.25. The van der Waals surface area contributed by atoms with Crippen molar-refractivity contribution in [1.29, 1.82) is 0 Å². The summed E-state index contributed by atoms with van der Waals surface area (Å²) in [5.41, 5.74) is 1.05. The molecule has 0 radical (unpaired) electrons. The van der Waals surface area contributed by atoms with Crippen LogP contribution in [0.25, 0.3) is 10.8 Å². The van der Waals surface area contributed by atoms with E-state index in [0.29, 0.717) is 10.8 Å². The minimum absolute atomic E-state index is 0.0241. The standard InChI is InChI=1S/C19H18ClN3OS/c1-2-17(13-7-9-15(20)10-8-13)22-18(24)12-25-19-16-6-4-3-5-14(16)11-21-23-19/h3-11,17H,2,12H2,1H3,(H,22,24). The van der Waals surface area contributed by atoms with Crippen molar-refractivity contribution < 1.29 is 4.79 Å². The number of nitrogens with one attached hydrogen (secondary N) is 1. The van der Waals surface area contributed by atoms with E-state index in [2.05, 4.69) is 15.5 Å². The van der Waals surface area contributed by atoms with Gasteiger partial charge in [-0.25, -0.2) is 0 Å². The number of carbonyl (C=O) groups is 1. The molecule has 1 heterocycles. The number of nitrogens with zero attached hydrogens (tertiary/aromatic N) is 2. The normalized spacial score (nSPS) is 12.1. The quantitative estimate of drug-likeness (QED) is 0.641. The van der Waals surface area contributed by atoms with Crippen molar-refractivity contribution in [3.8, 4) is 0 Å². The third kappa shape index (κ3) is 4.50. The molecule has 1 unspecified atom stereocenters. The van der Waals surface area contributed by atoms with Crippen LogP contribution in [-0.4, -0.2) is 21.9 Å². The van der Waals surface area contributed by atoms with E-state index in [1.165, 1.54) is 11.8 Å². The first-order chi connectivity index (χ1) is 12.2. The van der Waals surface area contributed by atoms with E-state index in [-0.39, 0.29) is 11.9 Å². The van der Waals surface area contributed by atoms with E-state index >= 15 is 0 Å². The zero-order chi connectivity index (χ0) is 17.6. The van der Waals surface area contributed by atoms with E-state index < -0.39 is 0 Å². The summed E-state index contributed by atoms with van der Waals surface area (Å²) in [6, 6.07) is 15.4. The van der Waals surface area contributed by atoms with Crippen molar-refractivity contribution >= 4 is 40.0 Å². The Morgan fingerprint density at radius 3 is 2.72 bits per heavy atom. The molecule has 0 aliphatic rings. The van der Waals surface area contributed by atoms with Crippen molar-refractivity contribution in [3.05, 3.63) is 65.3 Å². The lowest BCUT2D eigenvalue weighted by atomic mass is 10.0. The number of halogens is 1. The average Bonchev–Trinajstić information content (AvgIpc) is 2.65. The third-order valence-corrected chi connectivity index (χ3v) is 5.13. The predicted molar refractivity (Wildman–Crippen MR) is 103 cm³/mol. The lowest BCUT2D eigenvalue weighted by Gasteiger charge is -2.17. The van der Waals surface area contributed by atoms with Gasteiger partial charge in [-0.15, -0.1) is 5.10 Å². The molecule has 0 spiro atoms. The van der Waals surface area contributed by atoms with Crippen LogP contribution in [0.15, 0.2) is 59.8 Å². The molecular formula is C19H18ClN3OS. The Balaban J connectivity index is 1.64. The Bertz CT molecular complexity index is 865. The molecule has 0 saturated heterocycles. The van der Waals surface area contributed by atoms with Gasteiger partial charge in [-0.05, 0) is 24.1 Å². The van der Waals surface area contributed by atoms with Gasteiger partial charge in [0, 0.05) is 15.8 Å². The van der Waals surface area contributed by atoms with Gasteiger partial charge in [0.2, 0.25) is 5.91 Å². The fraction of sp³-hybridized carbons (Fsp3) is 0.211. The molecule has 1 atom stereocenters. The van der Waals surface area contributed by atoms with Gasteiger partial charge < -0.3 is 5.32 Å². The molecule has 0 bridgehead atoms. The number of carbonyl (C=O) groups excluding carboxylic acids is 1. The first kappa shape index (κ1) is 17.7. The summed E-state index contributed by atoms with van der Waals surface area (Å²) in [5.74, 6) is 0.272. The van der Waals surface area contributed by atoms with Crippen LogP contribution in [0.2, 0.25) is 5.02 Å². The average molecular weight is 372 g/mol. The number of benzene rings is 2. The van der Waals surface area contributed by atoms with Crippen LogP contribution in [0.3, 0.4) is 0 Å². The minimum Gasteiger partial charge on any atom is -0.349 e. The molecular weight excluding hydrogens is 354 g/mol. The molecule has 128 valence electrons. The van der Waals surface area contributed by atoms with E-state index in [9.17, 15) is 4.79 Å². The highest BCUT2D eigenvalue weighted by atomic mass is 35.5. The largest absolute Gasteiger partial charge is 0.349 e. The van der Waals surface area contributed by atoms with E-state index in [1.54, 1.807) is 6.20 Å². The molecule has 6 heteroatoms. The predicted octanol–water partition coefficient (Wildman–Crippen LogP) is 4.64. The van der Waals surface area contributed by atoms with Gasteiger partial charge >= 0.3 is 0 Å². The Hall–Kier alpha value is -2.11. The van der Waals surface area contributed by atoms with Gasteiger partial charge in [0.15, 0.2) is 0 Å². The molecule has 0 saturated carbocycles. The highest BCUT2D eigenvalue weighted by Gasteiger charge is 2.14. The zero-order valence-electron chi connectivity index (χ0n) is 13.8. The van der Waals surface area contributed by atoms with Gasteiger partial charge in [0.1, 0.15) is 5.03 Å². The van der Waals surface area contributed by atoms with Gasteiger partial charge in [-0.3, -0.25) is 4.79 Å². The Kier molecular flexibility index (Phi) is 5.89. The maximum absolute atomic E-state index is 12.4. The first-order valence-corrected chi connectivity index (χ1v) is 9.41. The summed E-state index contributed by atoms with van der Waals surface area (Å²) in [6.45, 7) is 2.04. The van der Waals surface area contributed by atoms with Crippen LogP contribution < -0.4 is 5.32 Å². The molecule has 4 nitrogen and oxygen atoms in total. The zero-order valence-corrected chi connectivity index (χ0v) is 15.3. The van der Waals surface area contributed by atoms with Crippen LogP contribution in [0.1, 0.15) is 24.9 Å². The maximum atomic E-state index is 12.4. The number of aromatic nitrogens is 2. The Labute approximate surface area is 156 Å². The van der Waals surface area contributed by atoms with Crippen LogP contribution >= 0.6 is 23.4 Å². The number of amides is 1. The second-order valence-corrected chi connectivity index (χ2v) is 7.01. The molecule has 3 rings (SSSR count). The fourth-order valence-corrected chi connectivity index (χ4v) is 3.52. The summed E-state index contributed by atoms with van der Waals surface area (Å²) >= 11 is 7.33. The first-order valence-electron chi connectivity index (χ1n) is 8.05. The number of hydrogen-bond acceptors (Lipinski definition) is 4. The fourth-order valence-electron chi connectivity index (χ4n) is 2.59. The summed E-state index contributed by atoms with van der Waals surface area (Å²) in [7, 11) is 0. The van der Waals surface area contributed by atoms with Crippen molar-refractivity contribution in [2.24, 2.45) is 0 Å². The number of hydrogen-bond donors (Lipinski definition) is 1. The Morgan fingerprint density at radius 1 is 1.20 bits per heavy atom. The van der Waals surface area contributed by atoms with Crippen LogP contribution in [-0.2, 0) is 4.79 Å². The Morgan fingerprint density at radius 2 is 1.96 bits per heavy atom. The molecule has 1 amide bonds. The van der Waals surface area contributed by atoms with E-state index in [4.69, 9.17) is 11.6 Å². The number of fused-ring (bicyclic) bond motifs is 1. The minimum atomic E-state index is -0.0264.